The molecule has 2 aromatic heterocycles. The SMILES string of the molecule is [c]1ccn[c]c1-c1ccncc1. The average molecular weight is 154 g/mol. The average Bonchev–Trinajstić information content (AvgIpc) is 2.21. The van der Waals surface area contributed by atoms with Gasteiger partial charge in [0.25, 0.3) is 0 Å². The summed E-state index contributed by atoms with van der Waals surface area (Å²) in [5.41, 5.74) is 1.91. The molecule has 0 unspecified atom stereocenters. The fraction of sp³-hybridized carbons (Fsp3) is 0. The number of hydrogen-bond acceptors (Lipinski definition) is 2. The Morgan fingerprint density at radius 1 is 1.08 bits per heavy atom. The molecule has 2 rings (SSSR count). The van der Waals surface area contributed by atoms with Crippen molar-refractivity contribution < 1.29 is 0 Å². The van der Waals surface area contributed by atoms with E-state index in [1.54, 1.807) is 24.7 Å². The van der Waals surface area contributed by atoms with Crippen molar-refractivity contribution >= 4 is 0 Å². The summed E-state index contributed by atoms with van der Waals surface area (Å²) >= 11 is 0. The van der Waals surface area contributed by atoms with Crippen LogP contribution < -0.4 is 0 Å². The first-order valence-corrected chi connectivity index (χ1v) is 3.61. The van der Waals surface area contributed by atoms with Crippen LogP contribution in [0.1, 0.15) is 0 Å². The Bertz CT molecular complexity index is 305. The summed E-state index contributed by atoms with van der Waals surface area (Å²) in [5.74, 6) is 0. The molecule has 0 bridgehead atoms. The predicted molar refractivity (Wildman–Crippen MR) is 45.1 cm³/mol. The molecule has 0 saturated heterocycles. The normalized spacial score (nSPS) is 9.67. The van der Waals surface area contributed by atoms with Crippen molar-refractivity contribution in [2.75, 3.05) is 0 Å². The van der Waals surface area contributed by atoms with Crippen LogP contribution in [0.25, 0.3) is 11.1 Å². The summed E-state index contributed by atoms with van der Waals surface area (Å²) in [6, 6.07) is 8.62. The van der Waals surface area contributed by atoms with Gasteiger partial charge in [-0.25, -0.2) is 0 Å². The van der Waals surface area contributed by atoms with Gasteiger partial charge in [-0.3, -0.25) is 9.97 Å². The van der Waals surface area contributed by atoms with Crippen LogP contribution in [-0.2, 0) is 0 Å². The van der Waals surface area contributed by atoms with Crippen molar-refractivity contribution in [3.05, 3.63) is 49.1 Å². The first-order valence-electron chi connectivity index (χ1n) is 3.61. The van der Waals surface area contributed by atoms with Crippen LogP contribution in [0.5, 0.6) is 0 Å². The minimum atomic E-state index is 0.875. The molecule has 0 amide bonds. The van der Waals surface area contributed by atoms with Gasteiger partial charge in [-0.05, 0) is 29.8 Å². The molecule has 0 aliphatic heterocycles. The monoisotopic (exact) mass is 154 g/mol. The molecule has 2 radical (unpaired) electrons. The number of pyridine rings is 2. The molecule has 2 heteroatoms. The molecule has 56 valence electrons. The fourth-order valence-electron chi connectivity index (χ4n) is 0.958. The highest BCUT2D eigenvalue weighted by Crippen LogP contribution is 2.14. The summed E-state index contributed by atoms with van der Waals surface area (Å²) in [6.07, 6.45) is 7.99. The van der Waals surface area contributed by atoms with E-state index in [1.165, 1.54) is 0 Å². The number of rotatable bonds is 1. The molecule has 2 heterocycles. The molecule has 2 nitrogen and oxygen atoms in total. The highest BCUT2D eigenvalue weighted by atomic mass is 14.6. The van der Waals surface area contributed by atoms with Crippen LogP contribution in [0.2, 0.25) is 0 Å². The largest absolute Gasteiger partial charge is 0.265 e. The lowest BCUT2D eigenvalue weighted by Crippen LogP contribution is -1.79. The van der Waals surface area contributed by atoms with E-state index in [0.29, 0.717) is 0 Å². The van der Waals surface area contributed by atoms with Crippen molar-refractivity contribution in [2.24, 2.45) is 0 Å². The highest BCUT2D eigenvalue weighted by Gasteiger charge is 1.94. The number of hydrogen-bond donors (Lipinski definition) is 0. The Balaban J connectivity index is 2.46. The van der Waals surface area contributed by atoms with E-state index in [1.807, 2.05) is 12.1 Å². The predicted octanol–water partition coefficient (Wildman–Crippen LogP) is 1.74. The minimum absolute atomic E-state index is 0.875. The number of aromatic nitrogens is 2. The van der Waals surface area contributed by atoms with Gasteiger partial charge in [0.15, 0.2) is 0 Å². The van der Waals surface area contributed by atoms with Gasteiger partial charge >= 0.3 is 0 Å². The van der Waals surface area contributed by atoms with Gasteiger partial charge in [-0.15, -0.1) is 0 Å². The van der Waals surface area contributed by atoms with Crippen molar-refractivity contribution in [3.63, 3.8) is 0 Å². The summed E-state index contributed by atoms with van der Waals surface area (Å²) in [7, 11) is 0. The van der Waals surface area contributed by atoms with Crippen molar-refractivity contribution in [1.29, 1.82) is 0 Å². The van der Waals surface area contributed by atoms with Gasteiger partial charge in [0.1, 0.15) is 0 Å². The number of nitrogens with zero attached hydrogens (tertiary/aromatic N) is 2. The van der Waals surface area contributed by atoms with E-state index in [2.05, 4.69) is 22.2 Å². The van der Waals surface area contributed by atoms with Gasteiger partial charge in [-0.1, -0.05) is 0 Å². The Kier molecular flexibility index (Phi) is 1.82. The minimum Gasteiger partial charge on any atom is -0.265 e. The molecule has 12 heavy (non-hydrogen) atoms. The van der Waals surface area contributed by atoms with Crippen LogP contribution in [0, 0.1) is 12.3 Å². The van der Waals surface area contributed by atoms with E-state index >= 15 is 0 Å². The first-order chi connectivity index (χ1) is 5.97. The summed E-state index contributed by atoms with van der Waals surface area (Å²) < 4.78 is 0. The summed E-state index contributed by atoms with van der Waals surface area (Å²) in [4.78, 5) is 7.81. The molecule has 0 aromatic carbocycles. The maximum atomic E-state index is 3.92. The molecule has 0 saturated carbocycles. The molecule has 2 aromatic rings. The quantitative estimate of drug-likeness (QED) is 0.625. The Morgan fingerprint density at radius 2 is 1.92 bits per heavy atom. The van der Waals surface area contributed by atoms with Crippen LogP contribution >= 0.6 is 0 Å². The summed E-state index contributed by atoms with van der Waals surface area (Å²) in [5, 5.41) is 0. The van der Waals surface area contributed by atoms with E-state index in [-0.39, 0.29) is 0 Å². The second-order valence-corrected chi connectivity index (χ2v) is 2.31. The summed E-state index contributed by atoms with van der Waals surface area (Å²) in [6.45, 7) is 0. The Morgan fingerprint density at radius 3 is 2.58 bits per heavy atom. The van der Waals surface area contributed by atoms with E-state index < -0.39 is 0 Å². The van der Waals surface area contributed by atoms with Crippen LogP contribution in [0.4, 0.5) is 0 Å². The third kappa shape index (κ3) is 1.32. The van der Waals surface area contributed by atoms with Crippen LogP contribution in [-0.4, -0.2) is 9.97 Å². The third-order valence-corrected chi connectivity index (χ3v) is 1.52. The third-order valence-electron chi connectivity index (χ3n) is 1.52. The van der Waals surface area contributed by atoms with Gasteiger partial charge in [0.2, 0.25) is 0 Å². The van der Waals surface area contributed by atoms with Crippen molar-refractivity contribution in [1.82, 2.24) is 9.97 Å². The van der Waals surface area contributed by atoms with Crippen LogP contribution in [0.3, 0.4) is 0 Å². The molecule has 0 spiro atoms. The molecule has 0 N–H and O–H groups in total. The zero-order chi connectivity index (χ0) is 8.23. The van der Waals surface area contributed by atoms with E-state index in [9.17, 15) is 0 Å². The molecule has 0 aliphatic carbocycles. The molecular weight excluding hydrogens is 148 g/mol. The molecule has 0 atom stereocenters. The van der Waals surface area contributed by atoms with Gasteiger partial charge in [0.05, 0.1) is 6.20 Å². The Labute approximate surface area is 70.9 Å². The van der Waals surface area contributed by atoms with E-state index in [0.717, 1.165) is 11.1 Å². The van der Waals surface area contributed by atoms with Crippen LogP contribution in [0.15, 0.2) is 36.8 Å². The second kappa shape index (κ2) is 3.13. The topological polar surface area (TPSA) is 25.8 Å². The lowest BCUT2D eigenvalue weighted by molar-refractivity contribution is 1.29. The van der Waals surface area contributed by atoms with Gasteiger partial charge < -0.3 is 0 Å². The lowest BCUT2D eigenvalue weighted by atomic mass is 10.1. The van der Waals surface area contributed by atoms with Gasteiger partial charge in [0, 0.05) is 24.2 Å². The van der Waals surface area contributed by atoms with Crippen molar-refractivity contribution in [3.8, 4) is 11.1 Å². The Hall–Kier alpha value is -1.70. The second-order valence-electron chi connectivity index (χ2n) is 2.31. The molecular formula is C10H6N2. The first kappa shape index (κ1) is 6.98. The molecule has 0 fully saturated rings. The molecule has 0 aliphatic rings. The smallest absolute Gasteiger partial charge is 0.0977 e. The van der Waals surface area contributed by atoms with E-state index in [4.69, 9.17) is 0 Å². The zero-order valence-corrected chi connectivity index (χ0v) is 6.36. The van der Waals surface area contributed by atoms with Crippen molar-refractivity contribution in [2.45, 2.75) is 0 Å². The standard InChI is InChI=1S/C10H6N2/c1-2-10(8-12-5-1)9-3-6-11-7-4-9/h1,3-7H. The maximum Gasteiger partial charge on any atom is 0.0977 e. The van der Waals surface area contributed by atoms with Gasteiger partial charge in [-0.2, -0.15) is 0 Å². The zero-order valence-electron chi connectivity index (χ0n) is 6.36. The lowest BCUT2D eigenvalue weighted by Gasteiger charge is -1.96. The highest BCUT2D eigenvalue weighted by molar-refractivity contribution is 5.59. The maximum absolute atomic E-state index is 3.92. The fourth-order valence-corrected chi connectivity index (χ4v) is 0.958.